The van der Waals surface area contributed by atoms with E-state index < -0.39 is 11.9 Å². The lowest BCUT2D eigenvalue weighted by Gasteiger charge is -2.24. The van der Waals surface area contributed by atoms with Crippen LogP contribution >= 0.6 is 11.6 Å². The van der Waals surface area contributed by atoms with E-state index in [1.807, 2.05) is 11.8 Å². The quantitative estimate of drug-likeness (QED) is 0.681. The first-order valence-corrected chi connectivity index (χ1v) is 7.20. The van der Waals surface area contributed by atoms with Gasteiger partial charge in [-0.15, -0.1) is 0 Å². The number of aliphatic hydroxyl groups excluding tert-OH is 1. The number of carboxylic acid groups (broad SMARTS) is 1. The van der Waals surface area contributed by atoms with Crippen molar-refractivity contribution in [1.82, 2.24) is 4.90 Å². The van der Waals surface area contributed by atoms with Crippen molar-refractivity contribution in [1.29, 1.82) is 0 Å². The van der Waals surface area contributed by atoms with E-state index in [-0.39, 0.29) is 18.8 Å². The summed E-state index contributed by atoms with van der Waals surface area (Å²) in [5.74, 6) is -1.87. The highest BCUT2D eigenvalue weighted by molar-refractivity contribution is 6.30. The maximum atomic E-state index is 12.5. The largest absolute Gasteiger partial charge is 0.481 e. The number of rotatable bonds is 9. The first-order valence-electron chi connectivity index (χ1n) is 6.82. The summed E-state index contributed by atoms with van der Waals surface area (Å²) in [6.45, 7) is 3.25. The van der Waals surface area contributed by atoms with Gasteiger partial charge >= 0.3 is 5.97 Å². The number of halogens is 1. The van der Waals surface area contributed by atoms with Crippen LogP contribution in [0.4, 0.5) is 0 Å². The Kier molecular flexibility index (Phi) is 7.36. The number of carboxylic acids is 1. The van der Waals surface area contributed by atoms with Crippen molar-refractivity contribution in [3.63, 3.8) is 0 Å². The van der Waals surface area contributed by atoms with Gasteiger partial charge in [0.15, 0.2) is 5.78 Å². The van der Waals surface area contributed by atoms with Crippen molar-refractivity contribution >= 4 is 23.4 Å². The third kappa shape index (κ3) is 5.83. The van der Waals surface area contributed by atoms with Gasteiger partial charge in [0.1, 0.15) is 0 Å². The minimum atomic E-state index is -1.01. The molecule has 0 aromatic heterocycles. The van der Waals surface area contributed by atoms with Crippen molar-refractivity contribution in [2.75, 3.05) is 26.2 Å². The Morgan fingerprint density at radius 1 is 1.29 bits per heavy atom. The van der Waals surface area contributed by atoms with Crippen LogP contribution in [0.5, 0.6) is 0 Å². The molecule has 5 nitrogen and oxygen atoms in total. The average molecular weight is 314 g/mol. The van der Waals surface area contributed by atoms with E-state index in [0.717, 1.165) is 0 Å². The number of carbonyl (C=O) groups excluding carboxylic acids is 1. The van der Waals surface area contributed by atoms with Crippen LogP contribution < -0.4 is 0 Å². The molecule has 1 aromatic rings. The van der Waals surface area contributed by atoms with Gasteiger partial charge in [-0.1, -0.05) is 18.5 Å². The summed E-state index contributed by atoms with van der Waals surface area (Å²) < 4.78 is 0. The number of benzene rings is 1. The Morgan fingerprint density at radius 3 is 2.38 bits per heavy atom. The summed E-state index contributed by atoms with van der Waals surface area (Å²) >= 11 is 5.79. The van der Waals surface area contributed by atoms with Crippen LogP contribution in [-0.2, 0) is 4.79 Å². The number of nitrogens with zero attached hydrogens (tertiary/aromatic N) is 1. The third-order valence-electron chi connectivity index (χ3n) is 3.26. The van der Waals surface area contributed by atoms with Crippen molar-refractivity contribution in [3.05, 3.63) is 34.9 Å². The highest BCUT2D eigenvalue weighted by atomic mass is 35.5. The predicted octanol–water partition coefficient (Wildman–Crippen LogP) is 1.93. The number of carbonyl (C=O) groups is 2. The van der Waals surface area contributed by atoms with Crippen LogP contribution in [0, 0.1) is 5.92 Å². The van der Waals surface area contributed by atoms with Crippen LogP contribution in [0.3, 0.4) is 0 Å². The lowest BCUT2D eigenvalue weighted by Crippen LogP contribution is -2.36. The second-order valence-electron chi connectivity index (χ2n) is 4.78. The van der Waals surface area contributed by atoms with E-state index in [2.05, 4.69) is 0 Å². The van der Waals surface area contributed by atoms with Gasteiger partial charge in [0, 0.05) is 29.6 Å². The number of likely N-dealkylation sites (N-methyl/N-ethyl adjacent to an activating group) is 1. The molecule has 0 amide bonds. The predicted molar refractivity (Wildman–Crippen MR) is 80.7 cm³/mol. The smallest absolute Gasteiger partial charge is 0.304 e. The van der Waals surface area contributed by atoms with Gasteiger partial charge < -0.3 is 15.1 Å². The van der Waals surface area contributed by atoms with Crippen LogP contribution in [0.15, 0.2) is 24.3 Å². The molecule has 0 fully saturated rings. The molecule has 0 radical (unpaired) electrons. The molecule has 0 saturated heterocycles. The molecule has 1 atom stereocenters. The Labute approximate surface area is 129 Å². The molecule has 2 N–H and O–H groups in total. The summed E-state index contributed by atoms with van der Waals surface area (Å²) in [5, 5.41) is 18.5. The van der Waals surface area contributed by atoms with E-state index in [0.29, 0.717) is 30.2 Å². The fourth-order valence-corrected chi connectivity index (χ4v) is 2.26. The average Bonchev–Trinajstić information content (AvgIpc) is 2.45. The molecule has 1 rings (SSSR count). The molecular formula is C15H20ClNO4. The molecule has 0 aliphatic heterocycles. The lowest BCUT2D eigenvalue weighted by atomic mass is 9.94. The van der Waals surface area contributed by atoms with Crippen LogP contribution in [0.1, 0.15) is 23.7 Å². The number of aliphatic carboxylic acids is 1. The normalized spacial score (nSPS) is 12.4. The second kappa shape index (κ2) is 8.77. The van der Waals surface area contributed by atoms with Crippen molar-refractivity contribution < 1.29 is 19.8 Å². The highest BCUT2D eigenvalue weighted by Gasteiger charge is 2.25. The monoisotopic (exact) mass is 313 g/mol. The standard InChI is InChI=1S/C15H20ClNO4/c1-2-17(7-8-18)10-12(9-14(19)20)15(21)11-3-5-13(16)6-4-11/h3-6,12,18H,2,7-10H2,1H3,(H,19,20). The van der Waals surface area contributed by atoms with E-state index in [1.165, 1.54) is 0 Å². The molecule has 0 spiro atoms. The van der Waals surface area contributed by atoms with Gasteiger partial charge in [-0.05, 0) is 30.8 Å². The summed E-state index contributed by atoms with van der Waals surface area (Å²) in [7, 11) is 0. The summed E-state index contributed by atoms with van der Waals surface area (Å²) in [5.41, 5.74) is 0.450. The fraction of sp³-hybridized carbons (Fsp3) is 0.467. The number of hydrogen-bond donors (Lipinski definition) is 2. The highest BCUT2D eigenvalue weighted by Crippen LogP contribution is 2.17. The maximum Gasteiger partial charge on any atom is 0.304 e. The van der Waals surface area contributed by atoms with Gasteiger partial charge in [-0.2, -0.15) is 0 Å². The molecule has 21 heavy (non-hydrogen) atoms. The van der Waals surface area contributed by atoms with Gasteiger partial charge in [-0.3, -0.25) is 9.59 Å². The van der Waals surface area contributed by atoms with Gasteiger partial charge in [-0.25, -0.2) is 0 Å². The van der Waals surface area contributed by atoms with Crippen LogP contribution in [0.2, 0.25) is 5.02 Å². The van der Waals surface area contributed by atoms with E-state index in [4.69, 9.17) is 21.8 Å². The van der Waals surface area contributed by atoms with E-state index in [1.54, 1.807) is 24.3 Å². The number of aliphatic hydroxyl groups is 1. The topological polar surface area (TPSA) is 77.8 Å². The van der Waals surface area contributed by atoms with E-state index >= 15 is 0 Å². The van der Waals surface area contributed by atoms with Crippen LogP contribution in [0.25, 0.3) is 0 Å². The van der Waals surface area contributed by atoms with Gasteiger partial charge in [0.25, 0.3) is 0 Å². The minimum absolute atomic E-state index is 0.0250. The van der Waals surface area contributed by atoms with Gasteiger partial charge in [0.05, 0.1) is 13.0 Å². The molecule has 0 heterocycles. The molecule has 6 heteroatoms. The van der Waals surface area contributed by atoms with E-state index in [9.17, 15) is 9.59 Å². The van der Waals surface area contributed by atoms with Crippen LogP contribution in [-0.4, -0.2) is 53.1 Å². The summed E-state index contributed by atoms with van der Waals surface area (Å²) in [4.78, 5) is 25.3. The zero-order valence-electron chi connectivity index (χ0n) is 12.0. The zero-order chi connectivity index (χ0) is 15.8. The number of ketones is 1. The molecular weight excluding hydrogens is 294 g/mol. The molecule has 1 aromatic carbocycles. The van der Waals surface area contributed by atoms with Gasteiger partial charge in [0.2, 0.25) is 0 Å². The first kappa shape index (κ1) is 17.6. The molecule has 1 unspecified atom stereocenters. The van der Waals surface area contributed by atoms with Crippen molar-refractivity contribution in [3.8, 4) is 0 Å². The molecule has 0 bridgehead atoms. The number of Topliss-reactive ketones (excluding diaryl/α,β-unsaturated/α-hetero) is 1. The summed E-state index contributed by atoms with van der Waals surface area (Å²) in [6.07, 6.45) is -0.233. The molecule has 0 aliphatic carbocycles. The molecule has 0 saturated carbocycles. The second-order valence-corrected chi connectivity index (χ2v) is 5.22. The van der Waals surface area contributed by atoms with Crippen molar-refractivity contribution in [2.24, 2.45) is 5.92 Å². The molecule has 0 aliphatic rings. The Morgan fingerprint density at radius 2 is 1.90 bits per heavy atom. The Bertz CT molecular complexity index is 475. The SMILES string of the molecule is CCN(CCO)CC(CC(=O)O)C(=O)c1ccc(Cl)cc1. The first-order chi connectivity index (χ1) is 9.97. The number of hydrogen-bond acceptors (Lipinski definition) is 4. The zero-order valence-corrected chi connectivity index (χ0v) is 12.7. The Hall–Kier alpha value is -1.43. The lowest BCUT2D eigenvalue weighted by molar-refractivity contribution is -0.137. The summed E-state index contributed by atoms with van der Waals surface area (Å²) in [6, 6.07) is 6.42. The third-order valence-corrected chi connectivity index (χ3v) is 3.51. The Balaban J connectivity index is 2.87. The minimum Gasteiger partial charge on any atom is -0.481 e. The van der Waals surface area contributed by atoms with Crippen molar-refractivity contribution in [2.45, 2.75) is 13.3 Å². The maximum absolute atomic E-state index is 12.5. The fourth-order valence-electron chi connectivity index (χ4n) is 2.13. The molecule has 116 valence electrons.